The van der Waals surface area contributed by atoms with E-state index in [1.165, 1.54) is 48.7 Å². The summed E-state index contributed by atoms with van der Waals surface area (Å²) in [5.41, 5.74) is 8.68. The minimum absolute atomic E-state index is 0.869. The van der Waals surface area contributed by atoms with Gasteiger partial charge in [0.1, 0.15) is 0 Å². The van der Waals surface area contributed by atoms with Gasteiger partial charge in [0.25, 0.3) is 0 Å². The Labute approximate surface area is 134 Å². The molecule has 0 fully saturated rings. The highest BCUT2D eigenvalue weighted by molar-refractivity contribution is 6.35. The third kappa shape index (κ3) is 1.52. The maximum atomic E-state index is 6.42. The summed E-state index contributed by atoms with van der Waals surface area (Å²) in [4.78, 5) is 0. The van der Waals surface area contributed by atoms with Crippen LogP contribution in [0.25, 0.3) is 43.1 Å². The number of nitrogen functional groups attached to an aromatic ring is 1. The molecule has 1 nitrogen and oxygen atoms in total. The lowest BCUT2D eigenvalue weighted by molar-refractivity contribution is 1.16. The number of nitrogens with two attached hydrogens (primary N) is 1. The highest BCUT2D eigenvalue weighted by Gasteiger charge is 2.15. The molecule has 5 aromatic rings. The largest absolute Gasteiger partial charge is 0.398 e. The number of anilines is 1. The molecule has 0 aromatic heterocycles. The molecule has 0 aliphatic rings. The zero-order chi connectivity index (χ0) is 15.6. The third-order valence-electron chi connectivity index (χ3n) is 5.15. The van der Waals surface area contributed by atoms with Crippen molar-refractivity contribution in [1.82, 2.24) is 0 Å². The Kier molecular flexibility index (Phi) is 2.41. The van der Waals surface area contributed by atoms with E-state index in [2.05, 4.69) is 67.6 Å². The van der Waals surface area contributed by atoms with Crippen molar-refractivity contribution in [1.29, 1.82) is 0 Å². The molecule has 0 aliphatic carbocycles. The number of aryl methyl sites for hydroxylation is 1. The topological polar surface area (TPSA) is 26.0 Å². The zero-order valence-corrected chi connectivity index (χ0v) is 13.1. The summed E-state index contributed by atoms with van der Waals surface area (Å²) in [5, 5.41) is 10.4. The van der Waals surface area contributed by atoms with Crippen LogP contribution in [0.3, 0.4) is 0 Å². The van der Waals surface area contributed by atoms with Crippen LogP contribution in [-0.4, -0.2) is 0 Å². The summed E-state index contributed by atoms with van der Waals surface area (Å²) >= 11 is 0. The Hall–Kier alpha value is -2.80. The fraction of sp³-hybridized carbons (Fsp3) is 0.0909. The van der Waals surface area contributed by atoms with Crippen LogP contribution in [0, 0.1) is 0 Å². The second-order valence-electron chi connectivity index (χ2n) is 6.29. The molecular weight excluding hydrogens is 278 g/mol. The van der Waals surface area contributed by atoms with E-state index >= 15 is 0 Å². The summed E-state index contributed by atoms with van der Waals surface area (Å²) in [6.45, 7) is 2.21. The number of fused-ring (bicyclic) bond motifs is 2. The van der Waals surface area contributed by atoms with E-state index in [9.17, 15) is 0 Å². The van der Waals surface area contributed by atoms with Crippen molar-refractivity contribution in [2.45, 2.75) is 13.3 Å². The second kappa shape index (κ2) is 4.36. The summed E-state index contributed by atoms with van der Waals surface area (Å²) in [7, 11) is 0. The van der Waals surface area contributed by atoms with Gasteiger partial charge in [-0.05, 0) is 55.8 Å². The molecule has 23 heavy (non-hydrogen) atoms. The quantitative estimate of drug-likeness (QED) is 0.233. The van der Waals surface area contributed by atoms with E-state index in [4.69, 9.17) is 5.73 Å². The maximum Gasteiger partial charge on any atom is 0.0400 e. The van der Waals surface area contributed by atoms with Crippen molar-refractivity contribution in [3.8, 4) is 0 Å². The minimum Gasteiger partial charge on any atom is -0.398 e. The Morgan fingerprint density at radius 3 is 2.13 bits per heavy atom. The molecule has 1 heteroatoms. The molecular formula is C22H17N. The summed E-state index contributed by atoms with van der Waals surface area (Å²) in [6.07, 6.45) is 1.03. The van der Waals surface area contributed by atoms with Crippen molar-refractivity contribution in [2.24, 2.45) is 0 Å². The van der Waals surface area contributed by atoms with Gasteiger partial charge in [-0.15, -0.1) is 0 Å². The van der Waals surface area contributed by atoms with Crippen molar-refractivity contribution in [3.63, 3.8) is 0 Å². The van der Waals surface area contributed by atoms with Gasteiger partial charge in [0, 0.05) is 11.1 Å². The van der Waals surface area contributed by atoms with E-state index in [-0.39, 0.29) is 0 Å². The molecule has 5 rings (SSSR count). The smallest absolute Gasteiger partial charge is 0.0400 e. The van der Waals surface area contributed by atoms with Crippen LogP contribution in [0.2, 0.25) is 0 Å². The van der Waals surface area contributed by atoms with Gasteiger partial charge in [-0.2, -0.15) is 0 Å². The summed E-state index contributed by atoms with van der Waals surface area (Å²) in [5.74, 6) is 0. The first-order valence-corrected chi connectivity index (χ1v) is 8.16. The lowest BCUT2D eigenvalue weighted by atomic mass is 9.87. The maximum absolute atomic E-state index is 6.42. The molecule has 0 atom stereocenters. The van der Waals surface area contributed by atoms with Gasteiger partial charge in [-0.25, -0.2) is 0 Å². The van der Waals surface area contributed by atoms with Crippen molar-refractivity contribution < 1.29 is 0 Å². The molecule has 5 aromatic carbocycles. The molecule has 0 bridgehead atoms. The minimum atomic E-state index is 0.869. The molecule has 2 N–H and O–H groups in total. The standard InChI is InChI=1S/C22H17N/c1-2-13-9-10-17-16-7-3-5-14-6-4-8-18(20(14)16)22-19(23)12-11-15(13)21(17)22/h3-12H,2,23H2,1H3. The fourth-order valence-corrected chi connectivity index (χ4v) is 4.12. The molecule has 0 aliphatic heterocycles. The highest BCUT2D eigenvalue weighted by atomic mass is 14.6. The van der Waals surface area contributed by atoms with E-state index in [0.717, 1.165) is 12.1 Å². The van der Waals surface area contributed by atoms with E-state index in [0.29, 0.717) is 0 Å². The lowest BCUT2D eigenvalue weighted by Crippen LogP contribution is -1.94. The normalized spacial score (nSPS) is 12.0. The van der Waals surface area contributed by atoms with Gasteiger partial charge in [0.15, 0.2) is 0 Å². The predicted molar refractivity (Wildman–Crippen MR) is 101 cm³/mol. The average molecular weight is 295 g/mol. The first-order valence-electron chi connectivity index (χ1n) is 8.16. The first-order chi connectivity index (χ1) is 11.3. The van der Waals surface area contributed by atoms with Crippen molar-refractivity contribution in [2.75, 3.05) is 5.73 Å². The number of hydrogen-bond donors (Lipinski definition) is 1. The van der Waals surface area contributed by atoms with Gasteiger partial charge < -0.3 is 5.73 Å². The monoisotopic (exact) mass is 295 g/mol. The molecule has 110 valence electrons. The van der Waals surface area contributed by atoms with Crippen LogP contribution < -0.4 is 5.73 Å². The summed E-state index contributed by atoms with van der Waals surface area (Å²) in [6, 6.07) is 21.9. The van der Waals surface area contributed by atoms with Crippen LogP contribution in [0.5, 0.6) is 0 Å². The lowest BCUT2D eigenvalue weighted by Gasteiger charge is -2.17. The molecule has 0 amide bonds. The van der Waals surface area contributed by atoms with Crippen LogP contribution in [0.15, 0.2) is 60.7 Å². The Morgan fingerprint density at radius 1 is 0.652 bits per heavy atom. The third-order valence-corrected chi connectivity index (χ3v) is 5.15. The molecule has 0 heterocycles. The van der Waals surface area contributed by atoms with Gasteiger partial charge in [0.05, 0.1) is 0 Å². The summed E-state index contributed by atoms with van der Waals surface area (Å²) < 4.78 is 0. The van der Waals surface area contributed by atoms with E-state index < -0.39 is 0 Å². The second-order valence-corrected chi connectivity index (χ2v) is 6.29. The molecule has 0 radical (unpaired) electrons. The van der Waals surface area contributed by atoms with Crippen molar-refractivity contribution in [3.05, 3.63) is 66.2 Å². The SMILES string of the molecule is CCc1ccc2c3cccc4cccc(c5c(N)ccc1c25)c43. The van der Waals surface area contributed by atoms with Gasteiger partial charge >= 0.3 is 0 Å². The van der Waals surface area contributed by atoms with Crippen LogP contribution >= 0.6 is 0 Å². The van der Waals surface area contributed by atoms with E-state index in [1.807, 2.05) is 0 Å². The Bertz CT molecular complexity index is 1200. The first kappa shape index (κ1) is 12.7. The van der Waals surface area contributed by atoms with E-state index in [1.54, 1.807) is 0 Å². The number of benzene rings is 5. The van der Waals surface area contributed by atoms with Crippen LogP contribution in [-0.2, 0) is 6.42 Å². The molecule has 0 saturated carbocycles. The van der Waals surface area contributed by atoms with Crippen LogP contribution in [0.4, 0.5) is 5.69 Å². The van der Waals surface area contributed by atoms with Gasteiger partial charge in [0.2, 0.25) is 0 Å². The Morgan fingerprint density at radius 2 is 1.35 bits per heavy atom. The number of rotatable bonds is 1. The fourth-order valence-electron chi connectivity index (χ4n) is 4.12. The van der Waals surface area contributed by atoms with Crippen LogP contribution in [0.1, 0.15) is 12.5 Å². The predicted octanol–water partition coefficient (Wildman–Crippen LogP) is 5.88. The average Bonchev–Trinajstić information content (AvgIpc) is 2.60. The molecule has 0 spiro atoms. The highest BCUT2D eigenvalue weighted by Crippen LogP contribution is 2.43. The van der Waals surface area contributed by atoms with Crippen molar-refractivity contribution >= 4 is 48.8 Å². The number of hydrogen-bond acceptors (Lipinski definition) is 1. The van der Waals surface area contributed by atoms with Gasteiger partial charge in [-0.1, -0.05) is 61.5 Å². The molecule has 0 unspecified atom stereocenters. The van der Waals surface area contributed by atoms with Gasteiger partial charge in [-0.3, -0.25) is 0 Å². The zero-order valence-electron chi connectivity index (χ0n) is 13.1. The molecule has 0 saturated heterocycles. The Balaban J connectivity index is 2.25.